The highest BCUT2D eigenvalue weighted by molar-refractivity contribution is 5.97. The van der Waals surface area contributed by atoms with Crippen molar-refractivity contribution in [1.29, 1.82) is 0 Å². The van der Waals surface area contributed by atoms with Gasteiger partial charge < -0.3 is 31.7 Å². The molecule has 5 amide bonds. The number of carbonyl (C=O) groups excluding carboxylic acids is 5. The topological polar surface area (TPSA) is 183 Å². The van der Waals surface area contributed by atoms with E-state index in [0.717, 1.165) is 22.8 Å². The Bertz CT molecular complexity index is 1600. The van der Waals surface area contributed by atoms with E-state index < -0.39 is 66.2 Å². The molecule has 0 saturated carbocycles. The summed E-state index contributed by atoms with van der Waals surface area (Å²) in [4.78, 5) is 77.9. The highest BCUT2D eigenvalue weighted by atomic mass is 16.4. The molecule has 0 aliphatic heterocycles. The molecule has 0 unspecified atom stereocenters. The summed E-state index contributed by atoms with van der Waals surface area (Å²) in [5.74, 6) is -4.45. The summed E-state index contributed by atoms with van der Waals surface area (Å²) >= 11 is 0. The quantitative estimate of drug-likeness (QED) is 0.105. The van der Waals surface area contributed by atoms with E-state index in [1.165, 1.54) is 0 Å². The molecule has 50 heavy (non-hydrogen) atoms. The molecular weight excluding hydrogens is 638 g/mol. The Morgan fingerprint density at radius 2 is 0.940 bits per heavy atom. The molecule has 3 rings (SSSR count). The average molecular weight is 684 g/mol. The minimum Gasteiger partial charge on any atom is -0.480 e. The molecule has 0 bridgehead atoms. The number of benzene rings is 3. The molecule has 0 saturated heterocycles. The van der Waals surface area contributed by atoms with Gasteiger partial charge in [0.25, 0.3) is 0 Å². The Hall–Kier alpha value is -5.78. The van der Waals surface area contributed by atoms with Crippen LogP contribution in [0.4, 0.5) is 0 Å². The van der Waals surface area contributed by atoms with Crippen LogP contribution < -0.4 is 26.6 Å². The highest BCUT2D eigenvalue weighted by Gasteiger charge is 2.32. The van der Waals surface area contributed by atoms with E-state index in [1.54, 1.807) is 54.6 Å². The summed E-state index contributed by atoms with van der Waals surface area (Å²) in [6.07, 6.45) is 1.56. The first-order valence-electron chi connectivity index (χ1n) is 16.4. The van der Waals surface area contributed by atoms with Crippen LogP contribution in [-0.2, 0) is 48.0 Å². The second kappa shape index (κ2) is 19.9. The monoisotopic (exact) mass is 683 g/mol. The van der Waals surface area contributed by atoms with Gasteiger partial charge in [-0.25, -0.2) is 0 Å². The molecular formula is C38H45N5O7. The standard InChI is InChI=1S/C38H45N5O7/c1-4-33(44)40-31(22-27-16-10-6-11-17-27)37(49)41-29(20-25(2)3)36(48)43-32(23-28-18-12-7-13-19-28)38(50)42-30(35(47)39-24-34(45)46)21-26-14-8-5-9-15-26/h4-19,25,29-32H,1,20-24H2,2-3H3,(H,39,47)(H,40,44)(H,41,49)(H,42,50)(H,43,48)(H,45,46)/t29-,30-,31-,32-/m0/s1. The smallest absolute Gasteiger partial charge is 0.322 e. The fourth-order valence-corrected chi connectivity index (χ4v) is 5.21. The molecule has 0 fully saturated rings. The average Bonchev–Trinajstić information content (AvgIpc) is 3.10. The van der Waals surface area contributed by atoms with Crippen molar-refractivity contribution in [3.8, 4) is 0 Å². The molecule has 0 aliphatic rings. The van der Waals surface area contributed by atoms with Crippen molar-refractivity contribution < 1.29 is 33.9 Å². The first-order valence-corrected chi connectivity index (χ1v) is 16.4. The SMILES string of the molecule is C=CC(=O)N[C@@H](Cc1ccccc1)C(=O)N[C@@H](CC(C)C)C(=O)N[C@@H](Cc1ccccc1)C(=O)N[C@@H](Cc1ccccc1)C(=O)NCC(=O)O. The Balaban J connectivity index is 1.86. The highest BCUT2D eigenvalue weighted by Crippen LogP contribution is 2.11. The van der Waals surface area contributed by atoms with Crippen molar-refractivity contribution in [1.82, 2.24) is 26.6 Å². The minimum atomic E-state index is -1.24. The first-order chi connectivity index (χ1) is 23.9. The fourth-order valence-electron chi connectivity index (χ4n) is 5.21. The van der Waals surface area contributed by atoms with Crippen molar-refractivity contribution in [2.75, 3.05) is 6.54 Å². The zero-order chi connectivity index (χ0) is 36.5. The third-order valence-corrected chi connectivity index (χ3v) is 7.69. The van der Waals surface area contributed by atoms with Gasteiger partial charge in [-0.1, -0.05) is 111 Å². The Morgan fingerprint density at radius 3 is 1.32 bits per heavy atom. The third kappa shape index (κ3) is 13.4. The number of nitrogens with one attached hydrogen (secondary N) is 5. The number of carboxylic acids is 1. The Kier molecular flexibility index (Phi) is 15.4. The molecule has 0 aromatic heterocycles. The van der Waals surface area contributed by atoms with E-state index in [4.69, 9.17) is 5.11 Å². The van der Waals surface area contributed by atoms with Crippen LogP contribution in [0.15, 0.2) is 104 Å². The summed E-state index contributed by atoms with van der Waals surface area (Å²) in [5.41, 5.74) is 2.24. The number of carbonyl (C=O) groups is 6. The molecule has 12 heteroatoms. The van der Waals surface area contributed by atoms with Crippen LogP contribution in [0.3, 0.4) is 0 Å². The lowest BCUT2D eigenvalue weighted by Gasteiger charge is -2.27. The van der Waals surface area contributed by atoms with Crippen LogP contribution >= 0.6 is 0 Å². The van der Waals surface area contributed by atoms with Crippen LogP contribution in [0.25, 0.3) is 0 Å². The predicted molar refractivity (Wildman–Crippen MR) is 188 cm³/mol. The van der Waals surface area contributed by atoms with Gasteiger partial charge in [-0.2, -0.15) is 0 Å². The normalized spacial score (nSPS) is 13.1. The molecule has 0 aliphatic carbocycles. The van der Waals surface area contributed by atoms with E-state index in [1.807, 2.05) is 50.2 Å². The van der Waals surface area contributed by atoms with Crippen molar-refractivity contribution in [2.24, 2.45) is 5.92 Å². The fraction of sp³-hybridized carbons (Fsp3) is 0.316. The zero-order valence-electron chi connectivity index (χ0n) is 28.3. The molecule has 3 aromatic carbocycles. The van der Waals surface area contributed by atoms with Crippen molar-refractivity contribution in [3.63, 3.8) is 0 Å². The minimum absolute atomic E-state index is 0.0454. The summed E-state index contributed by atoms with van der Waals surface area (Å²) in [6, 6.07) is 22.5. The van der Waals surface area contributed by atoms with Gasteiger partial charge >= 0.3 is 5.97 Å². The molecule has 264 valence electrons. The van der Waals surface area contributed by atoms with Gasteiger partial charge in [0.15, 0.2) is 0 Å². The van der Waals surface area contributed by atoms with Crippen LogP contribution in [0, 0.1) is 5.92 Å². The molecule has 0 spiro atoms. The molecule has 0 heterocycles. The van der Waals surface area contributed by atoms with Crippen molar-refractivity contribution >= 4 is 35.5 Å². The number of carboxylic acid groups (broad SMARTS) is 1. The summed E-state index contributed by atoms with van der Waals surface area (Å²) in [7, 11) is 0. The number of amides is 5. The van der Waals surface area contributed by atoms with Gasteiger partial charge in [0.05, 0.1) is 0 Å². The van der Waals surface area contributed by atoms with Crippen molar-refractivity contribution in [2.45, 2.75) is 63.7 Å². The molecule has 0 radical (unpaired) electrons. The Morgan fingerprint density at radius 1 is 0.580 bits per heavy atom. The Labute approximate surface area is 292 Å². The number of rotatable bonds is 19. The third-order valence-electron chi connectivity index (χ3n) is 7.69. The van der Waals surface area contributed by atoms with E-state index >= 15 is 0 Å². The summed E-state index contributed by atoms with van der Waals surface area (Å²) < 4.78 is 0. The van der Waals surface area contributed by atoms with E-state index in [2.05, 4.69) is 33.2 Å². The van der Waals surface area contributed by atoms with Gasteiger partial charge in [0.1, 0.15) is 30.7 Å². The predicted octanol–water partition coefficient (Wildman–Crippen LogP) is 2.09. The lowest BCUT2D eigenvalue weighted by Crippen LogP contribution is -2.59. The lowest BCUT2D eigenvalue weighted by atomic mass is 9.99. The van der Waals surface area contributed by atoms with Gasteiger partial charge in [0.2, 0.25) is 29.5 Å². The number of hydrogen-bond acceptors (Lipinski definition) is 6. The zero-order valence-corrected chi connectivity index (χ0v) is 28.3. The molecule has 6 N–H and O–H groups in total. The maximum absolute atomic E-state index is 13.9. The first kappa shape index (κ1) is 38.7. The lowest BCUT2D eigenvalue weighted by molar-refractivity contribution is -0.138. The van der Waals surface area contributed by atoms with Crippen LogP contribution in [-0.4, -0.2) is 71.3 Å². The van der Waals surface area contributed by atoms with Gasteiger partial charge in [-0.3, -0.25) is 28.8 Å². The van der Waals surface area contributed by atoms with Crippen LogP contribution in [0.5, 0.6) is 0 Å². The second-order valence-electron chi connectivity index (χ2n) is 12.3. The van der Waals surface area contributed by atoms with Gasteiger partial charge in [-0.15, -0.1) is 0 Å². The van der Waals surface area contributed by atoms with E-state index in [-0.39, 0.29) is 31.6 Å². The molecule has 4 atom stereocenters. The van der Waals surface area contributed by atoms with Gasteiger partial charge in [-0.05, 0) is 35.1 Å². The second-order valence-corrected chi connectivity index (χ2v) is 12.3. The number of hydrogen-bond donors (Lipinski definition) is 6. The molecule has 3 aromatic rings. The molecule has 12 nitrogen and oxygen atoms in total. The maximum Gasteiger partial charge on any atom is 0.322 e. The van der Waals surface area contributed by atoms with E-state index in [9.17, 15) is 28.8 Å². The van der Waals surface area contributed by atoms with Crippen molar-refractivity contribution in [3.05, 3.63) is 120 Å². The van der Waals surface area contributed by atoms with Crippen LogP contribution in [0.1, 0.15) is 37.0 Å². The summed E-state index contributed by atoms with van der Waals surface area (Å²) in [6.45, 7) is 6.59. The van der Waals surface area contributed by atoms with E-state index in [0.29, 0.717) is 0 Å². The summed E-state index contributed by atoms with van der Waals surface area (Å²) in [5, 5.41) is 22.3. The largest absolute Gasteiger partial charge is 0.480 e. The number of aliphatic carboxylic acids is 1. The van der Waals surface area contributed by atoms with Crippen LogP contribution in [0.2, 0.25) is 0 Å². The maximum atomic E-state index is 13.9. The van der Waals surface area contributed by atoms with Gasteiger partial charge in [0, 0.05) is 19.3 Å².